The number of rotatable bonds is 1. The molecule has 8 heteroatoms. The number of hydrogen-bond donors (Lipinski definition) is 2. The number of nitrogens with zero attached hydrogens (tertiary/aromatic N) is 2. The summed E-state index contributed by atoms with van der Waals surface area (Å²) in [7, 11) is 0. The molecule has 2 N–H and O–H groups in total. The molecule has 1 fully saturated rings. The minimum atomic E-state index is -0.944. The SMILES string of the molecule is O=c1nc2n(cc1Br)C1O[C@H](CO)[C@@H](O)C1O2. The number of aliphatic hydroxyl groups excluding tert-OH is 2. The molecule has 17 heavy (non-hydrogen) atoms. The van der Waals surface area contributed by atoms with Gasteiger partial charge in [0.1, 0.15) is 16.7 Å². The standard InChI is InChI=1S/C9H9BrN2O5/c10-3-1-12-8-6(5(14)4(2-13)16-8)17-9(12)11-7(3)15/h1,4-6,8,13-14H,2H2/t4-,5-,6?,8?/m1/s1. The van der Waals surface area contributed by atoms with Gasteiger partial charge in [0.05, 0.1) is 6.61 Å². The van der Waals surface area contributed by atoms with Crippen molar-refractivity contribution in [2.24, 2.45) is 0 Å². The van der Waals surface area contributed by atoms with Gasteiger partial charge in [0, 0.05) is 6.20 Å². The summed E-state index contributed by atoms with van der Waals surface area (Å²) in [5.41, 5.74) is -0.440. The van der Waals surface area contributed by atoms with Crippen LogP contribution in [0.5, 0.6) is 6.01 Å². The van der Waals surface area contributed by atoms with Gasteiger partial charge in [-0.15, -0.1) is 0 Å². The van der Waals surface area contributed by atoms with E-state index in [1.54, 1.807) is 0 Å². The summed E-state index contributed by atoms with van der Waals surface area (Å²) in [4.78, 5) is 15.0. The fraction of sp³-hybridized carbons (Fsp3) is 0.556. The lowest BCUT2D eigenvalue weighted by Gasteiger charge is -2.14. The molecule has 2 unspecified atom stereocenters. The molecule has 0 spiro atoms. The van der Waals surface area contributed by atoms with Crippen molar-refractivity contribution in [2.75, 3.05) is 6.61 Å². The van der Waals surface area contributed by atoms with E-state index < -0.39 is 30.1 Å². The fourth-order valence-electron chi connectivity index (χ4n) is 2.04. The molecule has 3 rings (SSSR count). The maximum Gasteiger partial charge on any atom is 0.302 e. The molecule has 7 nitrogen and oxygen atoms in total. The number of hydrogen-bond acceptors (Lipinski definition) is 6. The van der Waals surface area contributed by atoms with Crippen LogP contribution in [0.15, 0.2) is 15.5 Å². The van der Waals surface area contributed by atoms with E-state index in [0.717, 1.165) is 0 Å². The predicted molar refractivity (Wildman–Crippen MR) is 57.6 cm³/mol. The van der Waals surface area contributed by atoms with Crippen molar-refractivity contribution in [1.29, 1.82) is 0 Å². The molecule has 1 aromatic heterocycles. The Labute approximate surface area is 104 Å². The molecular weight excluding hydrogens is 296 g/mol. The van der Waals surface area contributed by atoms with Gasteiger partial charge in [-0.2, -0.15) is 4.98 Å². The molecule has 4 atom stereocenters. The molecular formula is C9H9BrN2O5. The highest BCUT2D eigenvalue weighted by Crippen LogP contribution is 2.39. The van der Waals surface area contributed by atoms with Gasteiger partial charge in [-0.1, -0.05) is 0 Å². The first-order valence-electron chi connectivity index (χ1n) is 5.01. The predicted octanol–water partition coefficient (Wildman–Crippen LogP) is -0.983. The lowest BCUT2D eigenvalue weighted by Crippen LogP contribution is -2.34. The smallest absolute Gasteiger partial charge is 0.302 e. The summed E-state index contributed by atoms with van der Waals surface area (Å²) in [6.45, 7) is -0.290. The zero-order valence-electron chi connectivity index (χ0n) is 8.49. The Morgan fingerprint density at radius 2 is 2.35 bits per heavy atom. The van der Waals surface area contributed by atoms with Crippen LogP contribution in [0.25, 0.3) is 0 Å². The zero-order valence-corrected chi connectivity index (χ0v) is 10.1. The van der Waals surface area contributed by atoms with Gasteiger partial charge in [-0.05, 0) is 15.9 Å². The van der Waals surface area contributed by atoms with Crippen LogP contribution in [0.2, 0.25) is 0 Å². The topological polar surface area (TPSA) is 93.8 Å². The number of aromatic nitrogens is 2. The lowest BCUT2D eigenvalue weighted by atomic mass is 10.1. The van der Waals surface area contributed by atoms with E-state index in [-0.39, 0.29) is 17.1 Å². The van der Waals surface area contributed by atoms with Crippen LogP contribution in [0.4, 0.5) is 0 Å². The molecule has 92 valence electrons. The second-order valence-electron chi connectivity index (χ2n) is 3.90. The monoisotopic (exact) mass is 304 g/mol. The molecule has 0 aromatic carbocycles. The summed E-state index contributed by atoms with van der Waals surface area (Å²) >= 11 is 3.07. The summed E-state index contributed by atoms with van der Waals surface area (Å²) in [6.07, 6.45) is -1.34. The van der Waals surface area contributed by atoms with Crippen molar-refractivity contribution < 1.29 is 19.7 Å². The minimum absolute atomic E-state index is 0.114. The highest BCUT2D eigenvalue weighted by Gasteiger charge is 2.51. The van der Waals surface area contributed by atoms with Crippen LogP contribution in [0, 0.1) is 0 Å². The molecule has 0 bridgehead atoms. The van der Waals surface area contributed by atoms with Gasteiger partial charge in [-0.3, -0.25) is 9.36 Å². The molecule has 2 aliphatic heterocycles. The van der Waals surface area contributed by atoms with E-state index in [1.165, 1.54) is 10.8 Å². The maximum atomic E-state index is 11.3. The van der Waals surface area contributed by atoms with E-state index in [1.807, 2.05) is 0 Å². The highest BCUT2D eigenvalue weighted by molar-refractivity contribution is 9.10. The van der Waals surface area contributed by atoms with Crippen LogP contribution >= 0.6 is 15.9 Å². The largest absolute Gasteiger partial charge is 0.453 e. The first-order valence-corrected chi connectivity index (χ1v) is 5.81. The van der Waals surface area contributed by atoms with Crippen molar-refractivity contribution in [2.45, 2.75) is 24.5 Å². The van der Waals surface area contributed by atoms with Crippen molar-refractivity contribution in [3.05, 3.63) is 21.0 Å². The summed E-state index contributed by atoms with van der Waals surface area (Å²) in [6, 6.07) is 0.114. The van der Waals surface area contributed by atoms with E-state index in [4.69, 9.17) is 14.6 Å². The molecule has 2 aliphatic rings. The van der Waals surface area contributed by atoms with Crippen molar-refractivity contribution in [1.82, 2.24) is 9.55 Å². The average molecular weight is 305 g/mol. The molecule has 0 aliphatic carbocycles. The van der Waals surface area contributed by atoms with Crippen molar-refractivity contribution >= 4 is 15.9 Å². The normalized spacial score (nSPS) is 34.3. The van der Waals surface area contributed by atoms with E-state index in [9.17, 15) is 9.90 Å². The van der Waals surface area contributed by atoms with E-state index >= 15 is 0 Å². The van der Waals surface area contributed by atoms with Crippen molar-refractivity contribution in [3.63, 3.8) is 0 Å². The van der Waals surface area contributed by atoms with Gasteiger partial charge in [0.15, 0.2) is 12.3 Å². The van der Waals surface area contributed by atoms with Crippen LogP contribution in [-0.4, -0.2) is 44.7 Å². The maximum absolute atomic E-state index is 11.3. The van der Waals surface area contributed by atoms with Crippen LogP contribution in [-0.2, 0) is 4.74 Å². The van der Waals surface area contributed by atoms with Gasteiger partial charge >= 0.3 is 6.01 Å². The van der Waals surface area contributed by atoms with Crippen LogP contribution in [0.1, 0.15) is 6.23 Å². The lowest BCUT2D eigenvalue weighted by molar-refractivity contribution is -0.0435. The number of aliphatic hydroxyl groups is 2. The molecule has 1 saturated heterocycles. The Kier molecular flexibility index (Phi) is 2.47. The van der Waals surface area contributed by atoms with Crippen LogP contribution < -0.4 is 10.3 Å². The quantitative estimate of drug-likeness (QED) is 0.692. The fourth-order valence-corrected chi connectivity index (χ4v) is 2.35. The third-order valence-corrected chi connectivity index (χ3v) is 3.43. The Hall–Kier alpha value is -0.960. The van der Waals surface area contributed by atoms with Gasteiger partial charge in [0.25, 0.3) is 5.56 Å². The van der Waals surface area contributed by atoms with E-state index in [2.05, 4.69) is 20.9 Å². The molecule has 0 saturated carbocycles. The summed E-state index contributed by atoms with van der Waals surface area (Å²) in [5, 5.41) is 18.8. The molecule has 0 radical (unpaired) electrons. The Morgan fingerprint density at radius 1 is 1.59 bits per heavy atom. The first-order chi connectivity index (χ1) is 8.11. The third kappa shape index (κ3) is 1.52. The van der Waals surface area contributed by atoms with Gasteiger partial charge in [0.2, 0.25) is 0 Å². The van der Waals surface area contributed by atoms with Gasteiger partial charge in [-0.25, -0.2) is 0 Å². The Bertz CT molecular complexity index is 519. The van der Waals surface area contributed by atoms with Crippen LogP contribution in [0.3, 0.4) is 0 Å². The summed E-state index contributed by atoms with van der Waals surface area (Å²) < 4.78 is 12.6. The third-order valence-electron chi connectivity index (χ3n) is 2.88. The van der Waals surface area contributed by atoms with Crippen molar-refractivity contribution in [3.8, 4) is 6.01 Å². The van der Waals surface area contributed by atoms with E-state index in [0.29, 0.717) is 0 Å². The molecule has 3 heterocycles. The zero-order chi connectivity index (χ0) is 12.2. The van der Waals surface area contributed by atoms with Gasteiger partial charge < -0.3 is 19.7 Å². The first kappa shape index (κ1) is 11.1. The molecule has 1 aromatic rings. The highest BCUT2D eigenvalue weighted by atomic mass is 79.9. The Morgan fingerprint density at radius 3 is 3.06 bits per heavy atom. The number of halogens is 1. The second kappa shape index (κ2) is 3.77. The minimum Gasteiger partial charge on any atom is -0.453 e. The Balaban J connectivity index is 2.02. The summed E-state index contributed by atoms with van der Waals surface area (Å²) in [5.74, 6) is 0. The number of fused-ring (bicyclic) bond motifs is 3. The number of ether oxygens (including phenoxy) is 2. The molecule has 0 amide bonds. The average Bonchev–Trinajstić information content (AvgIpc) is 2.78. The second-order valence-corrected chi connectivity index (χ2v) is 4.76.